The average molecular weight is 901 g/mol. The van der Waals surface area contributed by atoms with E-state index in [1.807, 2.05) is 6.07 Å². The Morgan fingerprint density at radius 2 is 1.79 bits per heavy atom. The Morgan fingerprint density at radius 3 is 2.33 bits per heavy atom. The summed E-state index contributed by atoms with van der Waals surface area (Å²) in [6.07, 6.45) is -6.27. The zero-order valence-electron chi connectivity index (χ0n) is 32.5. The number of carbonyl (C=O) groups is 1. The van der Waals surface area contributed by atoms with Gasteiger partial charge in [0, 0.05) is 29.7 Å². The highest BCUT2D eigenvalue weighted by molar-refractivity contribution is 9.10. The van der Waals surface area contributed by atoms with E-state index in [1.54, 1.807) is 58.0 Å². The lowest BCUT2D eigenvalue weighted by molar-refractivity contribution is -0.390. The first kappa shape index (κ1) is 43.1. The average Bonchev–Trinajstić information content (AvgIpc) is 3.86. The quantitative estimate of drug-likeness (QED) is 0.152. The van der Waals surface area contributed by atoms with Crippen LogP contribution in [0, 0.1) is 34.0 Å². The molecule has 316 valence electrons. The Labute approximate surface area is 345 Å². The minimum atomic E-state index is -4.63. The molecule has 0 amide bonds. The number of hydrogen-bond donors (Lipinski definition) is 7. The fraction of sp³-hybridized carbons (Fsp3) is 0.600. The first-order chi connectivity index (χ1) is 26.8. The summed E-state index contributed by atoms with van der Waals surface area (Å²) in [7, 11) is 0. The predicted molar refractivity (Wildman–Crippen MR) is 203 cm³/mol. The lowest BCUT2D eigenvalue weighted by Gasteiger charge is -2.60. The van der Waals surface area contributed by atoms with Crippen LogP contribution in [0.25, 0.3) is 11.3 Å². The summed E-state index contributed by atoms with van der Waals surface area (Å²) in [4.78, 5) is 15.9. The molecule has 11 atom stereocenters. The van der Waals surface area contributed by atoms with Crippen LogP contribution in [-0.4, -0.2) is 98.8 Å². The Morgan fingerprint density at radius 1 is 1.16 bits per heavy atom. The number of hydrogen-bond acceptors (Lipinski definition) is 11. The third-order valence-corrected chi connectivity index (χ3v) is 15.5. The van der Waals surface area contributed by atoms with Gasteiger partial charge < -0.3 is 54.4 Å². The molecule has 4 heterocycles. The van der Waals surface area contributed by atoms with Crippen LogP contribution in [0.5, 0.6) is 0 Å². The van der Waals surface area contributed by atoms with Crippen molar-refractivity contribution >= 4 is 33.5 Å². The number of halogens is 5. The molecular weight excluding hydrogens is 855 g/mol. The number of rotatable bonds is 7. The molecule has 3 aromatic rings. The van der Waals surface area contributed by atoms with Crippen LogP contribution in [-0.2, 0) is 27.1 Å². The van der Waals surface area contributed by atoms with Crippen LogP contribution in [0.1, 0.15) is 82.6 Å². The molecule has 18 heteroatoms. The van der Waals surface area contributed by atoms with Crippen molar-refractivity contribution in [1.82, 2.24) is 9.55 Å². The molecule has 0 unspecified atom stereocenters. The number of esters is 1. The van der Waals surface area contributed by atoms with Crippen molar-refractivity contribution in [3.8, 4) is 17.3 Å². The summed E-state index contributed by atoms with van der Waals surface area (Å²) >= 11 is 8.73. The van der Waals surface area contributed by atoms with Gasteiger partial charge in [0.2, 0.25) is 0 Å². The van der Waals surface area contributed by atoms with E-state index >= 15 is 0 Å². The van der Waals surface area contributed by atoms with Gasteiger partial charge in [0.05, 0.1) is 27.2 Å². The third-order valence-electron chi connectivity index (χ3n) is 14.4. The summed E-state index contributed by atoms with van der Waals surface area (Å²) < 4.78 is 58.1. The second kappa shape index (κ2) is 13.2. The maximum absolute atomic E-state index is 13.4. The van der Waals surface area contributed by atoms with Crippen molar-refractivity contribution in [1.29, 1.82) is 5.26 Å². The molecule has 6 bridgehead atoms. The maximum atomic E-state index is 13.4. The lowest BCUT2D eigenvalue weighted by Crippen LogP contribution is -2.75. The van der Waals surface area contributed by atoms with E-state index in [9.17, 15) is 53.9 Å². The number of carbonyl (C=O) groups excluding carboxylic acids is 1. The SMILES string of the molecule is CC(C)[C@@]1(O)[C@@H](OC(=O)c2ccc[nH]2)[C@@]2(O)[C@@]3(C)C[C@]4(O)O[C@@]5([C@H](O)[C@@H](C)CC[C@]35O)[C@@]2(O)[C@@]14C.CCOCn1c(-c2ccc(Cl)cc2)c(C#N)c(Br)c1C(F)(F)F. The molecule has 6 aliphatic rings. The van der Waals surface area contributed by atoms with E-state index in [0.29, 0.717) is 17.0 Å². The number of aromatic nitrogens is 2. The van der Waals surface area contributed by atoms with Gasteiger partial charge in [0.25, 0.3) is 0 Å². The molecule has 9 rings (SSSR count). The summed E-state index contributed by atoms with van der Waals surface area (Å²) in [6, 6.07) is 11.1. The maximum Gasteiger partial charge on any atom is 0.432 e. The van der Waals surface area contributed by atoms with Gasteiger partial charge in [-0.2, -0.15) is 18.4 Å². The van der Waals surface area contributed by atoms with Crippen molar-refractivity contribution in [2.45, 2.75) is 120 Å². The number of aliphatic hydroxyl groups is 6. The molecule has 1 aromatic carbocycles. The predicted octanol–water partition coefficient (Wildman–Crippen LogP) is 5.27. The second-order valence-electron chi connectivity index (χ2n) is 17.0. The van der Waals surface area contributed by atoms with Gasteiger partial charge in [0.15, 0.2) is 17.5 Å². The van der Waals surface area contributed by atoms with Crippen LogP contribution in [0.4, 0.5) is 13.2 Å². The number of benzene rings is 1. The first-order valence-corrected chi connectivity index (χ1v) is 20.1. The van der Waals surface area contributed by atoms with Crippen LogP contribution in [0.2, 0.25) is 5.02 Å². The Hall–Kier alpha value is -3.02. The zero-order valence-corrected chi connectivity index (χ0v) is 34.8. The van der Waals surface area contributed by atoms with Crippen LogP contribution >= 0.6 is 27.5 Å². The molecule has 4 saturated carbocycles. The number of H-pyrrole nitrogens is 1. The van der Waals surface area contributed by atoms with Gasteiger partial charge in [-0.15, -0.1) is 0 Å². The highest BCUT2D eigenvalue weighted by Crippen LogP contribution is 2.90. The molecule has 4 aliphatic carbocycles. The van der Waals surface area contributed by atoms with Crippen LogP contribution in [0.15, 0.2) is 47.1 Å². The van der Waals surface area contributed by atoms with Crippen molar-refractivity contribution in [3.05, 3.63) is 69.0 Å². The van der Waals surface area contributed by atoms with E-state index in [2.05, 4.69) is 20.9 Å². The summed E-state index contributed by atoms with van der Waals surface area (Å²) in [6.45, 7) is 9.52. The molecule has 2 aliphatic heterocycles. The molecule has 7 N–H and O–H groups in total. The Bertz CT molecular complexity index is 2180. The highest BCUT2D eigenvalue weighted by atomic mass is 79.9. The minimum Gasteiger partial charge on any atom is -0.451 e. The van der Waals surface area contributed by atoms with Crippen molar-refractivity contribution in [2.75, 3.05) is 6.61 Å². The first-order valence-electron chi connectivity index (χ1n) is 18.9. The number of alkyl halides is 3. The van der Waals surface area contributed by atoms with Gasteiger partial charge in [-0.3, -0.25) is 0 Å². The molecule has 2 saturated heterocycles. The summed E-state index contributed by atoms with van der Waals surface area (Å²) in [5, 5.41) is 83.7. The Kier molecular flexibility index (Phi) is 9.83. The number of ether oxygens (including phenoxy) is 3. The minimum absolute atomic E-state index is 0.0654. The number of nitrogens with zero attached hydrogens (tertiary/aromatic N) is 2. The van der Waals surface area contributed by atoms with Crippen molar-refractivity contribution in [3.63, 3.8) is 0 Å². The second-order valence-corrected chi connectivity index (χ2v) is 18.2. The van der Waals surface area contributed by atoms with E-state index in [4.69, 9.17) is 25.8 Å². The molecule has 58 heavy (non-hydrogen) atoms. The fourth-order valence-corrected chi connectivity index (χ4v) is 12.6. The third kappa shape index (κ3) is 4.62. The van der Waals surface area contributed by atoms with Crippen LogP contribution < -0.4 is 0 Å². The molecule has 6 fully saturated rings. The monoisotopic (exact) mass is 899 g/mol. The van der Waals surface area contributed by atoms with E-state index in [0.717, 1.165) is 4.57 Å². The lowest BCUT2D eigenvalue weighted by atomic mass is 9.52. The van der Waals surface area contributed by atoms with Gasteiger partial charge in [0.1, 0.15) is 46.6 Å². The topological polar surface area (TPSA) is 211 Å². The molecule has 2 aromatic heterocycles. The Balaban J connectivity index is 0.000000194. The van der Waals surface area contributed by atoms with E-state index < -0.39 is 86.5 Å². The number of nitrogens with one attached hydrogen (secondary N) is 1. The number of nitriles is 1. The smallest absolute Gasteiger partial charge is 0.432 e. The fourth-order valence-electron chi connectivity index (χ4n) is 11.7. The number of aromatic amines is 1. The standard InChI is InChI=1S/C25H35NO9.C15H11BrClF3N2O/c1-12(2)22(31)17(34-16(28)14-7-6-10-26-14)23(32)18(4)11-21(30)19(22,5)25(23,33)24(35-21)15(27)13(3)8-9-20(18,24)29;1-2-23-8-22-13(9-3-5-10(17)6-4-9)11(7-21)12(16)14(22)15(18,19)20/h6-7,10,12-13,15,17,26-27,29-33H,8-9,11H2,1-5H3;3-6H,2,8H2,1H3/t13-,15+,17+,18-,19+,20-,21-,22+,23+,24+,25+;/m0./s1. The van der Waals surface area contributed by atoms with Gasteiger partial charge in [-0.05, 0) is 84.3 Å². The van der Waals surface area contributed by atoms with Crippen LogP contribution in [0.3, 0.4) is 0 Å². The summed E-state index contributed by atoms with van der Waals surface area (Å²) in [5.74, 6) is -4.34. The molecular formula is C40H46BrClF3N3O10. The van der Waals surface area contributed by atoms with E-state index in [1.165, 1.54) is 26.1 Å². The zero-order chi connectivity index (χ0) is 43.0. The number of aliphatic hydroxyl groups excluding tert-OH is 1. The van der Waals surface area contributed by atoms with Gasteiger partial charge in [-0.25, -0.2) is 4.79 Å². The van der Waals surface area contributed by atoms with Gasteiger partial charge >= 0.3 is 12.1 Å². The normalized spacial score (nSPS) is 40.7. The van der Waals surface area contributed by atoms with Crippen molar-refractivity contribution in [2.24, 2.45) is 22.7 Å². The van der Waals surface area contributed by atoms with E-state index in [-0.39, 0.29) is 47.6 Å². The molecule has 13 nitrogen and oxygen atoms in total. The van der Waals surface area contributed by atoms with Gasteiger partial charge in [-0.1, -0.05) is 51.4 Å². The molecule has 0 radical (unpaired) electrons. The molecule has 1 spiro atoms. The largest absolute Gasteiger partial charge is 0.451 e. The summed E-state index contributed by atoms with van der Waals surface area (Å²) in [5.41, 5.74) is -15.7. The van der Waals surface area contributed by atoms with Crippen molar-refractivity contribution < 1.29 is 62.8 Å². The highest BCUT2D eigenvalue weighted by Gasteiger charge is 3.10.